The summed E-state index contributed by atoms with van der Waals surface area (Å²) in [7, 11) is 0. The lowest BCUT2D eigenvalue weighted by Gasteiger charge is -2.12. The molecule has 0 saturated carbocycles. The lowest BCUT2D eigenvalue weighted by atomic mass is 10.1. The van der Waals surface area contributed by atoms with Crippen LogP contribution in [0.5, 0.6) is 0 Å². The number of hydrogen-bond donors (Lipinski definition) is 0. The Hall–Kier alpha value is -5.74. The highest BCUT2D eigenvalue weighted by Gasteiger charge is 2.22. The van der Waals surface area contributed by atoms with Gasteiger partial charge in [-0.05, 0) is 49.4 Å². The molecule has 0 atom stereocenters. The summed E-state index contributed by atoms with van der Waals surface area (Å²) in [5.74, 6) is 0.673. The molecule has 0 spiro atoms. The molecule has 43 heavy (non-hydrogen) atoms. The Labute approximate surface area is 248 Å². The Bertz CT molecular complexity index is 2500. The van der Waals surface area contributed by atoms with Crippen LogP contribution in [-0.2, 0) is 0 Å². The second-order valence-electron chi connectivity index (χ2n) is 11.1. The van der Waals surface area contributed by atoms with Crippen molar-refractivity contribution in [2.45, 2.75) is 6.92 Å². The Kier molecular flexibility index (Phi) is 5.08. The number of fused-ring (bicyclic) bond motifs is 8. The third-order valence-corrected chi connectivity index (χ3v) is 8.60. The van der Waals surface area contributed by atoms with E-state index in [-0.39, 0.29) is 0 Å². The van der Waals surface area contributed by atoms with E-state index in [1.165, 1.54) is 38.1 Å². The minimum atomic E-state index is 0.673. The third kappa shape index (κ3) is 3.50. The molecule has 0 saturated heterocycles. The maximum absolute atomic E-state index is 5.29. The average molecular weight is 551 g/mol. The number of hydrogen-bond acceptors (Lipinski definition) is 2. The minimum Gasteiger partial charge on any atom is -0.309 e. The van der Waals surface area contributed by atoms with Gasteiger partial charge < -0.3 is 4.57 Å². The van der Waals surface area contributed by atoms with Gasteiger partial charge in [-0.1, -0.05) is 103 Å². The van der Waals surface area contributed by atoms with E-state index >= 15 is 0 Å². The van der Waals surface area contributed by atoms with Crippen LogP contribution >= 0.6 is 0 Å². The first kappa shape index (κ1) is 23.9. The molecule has 9 aromatic rings. The molecule has 0 radical (unpaired) electrons. The van der Waals surface area contributed by atoms with Crippen molar-refractivity contribution < 1.29 is 0 Å². The van der Waals surface area contributed by atoms with Crippen molar-refractivity contribution in [1.29, 1.82) is 0 Å². The number of aromatic nitrogens is 4. The van der Waals surface area contributed by atoms with Crippen molar-refractivity contribution in [3.8, 4) is 22.9 Å². The molecule has 6 aromatic carbocycles. The van der Waals surface area contributed by atoms with Gasteiger partial charge in [0.1, 0.15) is 0 Å². The number of nitrogens with zero attached hydrogens (tertiary/aromatic N) is 4. The number of para-hydroxylation sites is 4. The van der Waals surface area contributed by atoms with Gasteiger partial charge in [-0.2, -0.15) is 0 Å². The molecule has 0 aliphatic rings. The van der Waals surface area contributed by atoms with E-state index in [2.05, 4.69) is 150 Å². The molecule has 9 rings (SSSR count). The van der Waals surface area contributed by atoms with Crippen molar-refractivity contribution in [1.82, 2.24) is 19.1 Å². The predicted octanol–water partition coefficient (Wildman–Crippen LogP) is 9.80. The molecule has 3 aromatic heterocycles. The highest BCUT2D eigenvalue weighted by Crippen LogP contribution is 2.42. The van der Waals surface area contributed by atoms with Crippen LogP contribution in [0.4, 0.5) is 0 Å². The molecule has 0 aliphatic carbocycles. The molecule has 3 heterocycles. The zero-order valence-electron chi connectivity index (χ0n) is 23.6. The van der Waals surface area contributed by atoms with E-state index in [0.717, 1.165) is 38.9 Å². The molecule has 4 heteroatoms. The number of rotatable bonds is 3. The smallest absolute Gasteiger partial charge is 0.235 e. The van der Waals surface area contributed by atoms with Gasteiger partial charge in [0.15, 0.2) is 0 Å². The zero-order chi connectivity index (χ0) is 28.5. The standard InChI is InChI=1S/C39H26N4/c1-25-19-21-26(22-20-25)38-28-13-5-8-16-31(28)40-39(41-38)43-33-18-10-7-15-30(33)37-35(43)24-23-34-36(37)29-14-6-9-17-32(29)42(34)27-11-3-2-4-12-27/h2-24H,1H3. The normalized spacial score (nSPS) is 11.8. The lowest BCUT2D eigenvalue weighted by Crippen LogP contribution is -2.03. The summed E-state index contributed by atoms with van der Waals surface area (Å²) in [6, 6.07) is 49.4. The highest BCUT2D eigenvalue weighted by molar-refractivity contribution is 6.28. The molecular weight excluding hydrogens is 524 g/mol. The first-order valence-corrected chi connectivity index (χ1v) is 14.6. The zero-order valence-corrected chi connectivity index (χ0v) is 23.6. The van der Waals surface area contributed by atoms with Gasteiger partial charge in [0.05, 0.1) is 33.3 Å². The predicted molar refractivity (Wildman–Crippen MR) is 178 cm³/mol. The van der Waals surface area contributed by atoms with Crippen LogP contribution in [0.25, 0.3) is 77.4 Å². The number of benzene rings is 6. The van der Waals surface area contributed by atoms with Crippen LogP contribution in [-0.4, -0.2) is 19.1 Å². The molecule has 0 N–H and O–H groups in total. The number of aryl methyl sites for hydroxylation is 1. The first-order chi connectivity index (χ1) is 21.3. The van der Waals surface area contributed by atoms with Crippen LogP contribution in [0.15, 0.2) is 140 Å². The first-order valence-electron chi connectivity index (χ1n) is 14.6. The fourth-order valence-corrected chi connectivity index (χ4v) is 6.68. The van der Waals surface area contributed by atoms with Crippen LogP contribution in [0.1, 0.15) is 5.56 Å². The quantitative estimate of drug-likeness (QED) is 0.219. The summed E-state index contributed by atoms with van der Waals surface area (Å²) < 4.78 is 4.61. The Morgan fingerprint density at radius 1 is 0.442 bits per heavy atom. The monoisotopic (exact) mass is 550 g/mol. The Morgan fingerprint density at radius 2 is 1.00 bits per heavy atom. The van der Waals surface area contributed by atoms with Crippen molar-refractivity contribution in [3.05, 3.63) is 145 Å². The van der Waals surface area contributed by atoms with E-state index in [0.29, 0.717) is 5.95 Å². The maximum atomic E-state index is 5.29. The van der Waals surface area contributed by atoms with Gasteiger partial charge in [-0.15, -0.1) is 0 Å². The molecule has 0 bridgehead atoms. The molecule has 0 aliphatic heterocycles. The summed E-state index contributed by atoms with van der Waals surface area (Å²) in [5, 5.41) is 5.92. The second kappa shape index (κ2) is 9.13. The van der Waals surface area contributed by atoms with E-state index in [1.807, 2.05) is 6.07 Å². The van der Waals surface area contributed by atoms with Crippen LogP contribution in [0, 0.1) is 6.92 Å². The largest absolute Gasteiger partial charge is 0.309 e. The van der Waals surface area contributed by atoms with E-state index in [4.69, 9.17) is 9.97 Å². The van der Waals surface area contributed by atoms with Gasteiger partial charge in [0, 0.05) is 38.2 Å². The van der Waals surface area contributed by atoms with Crippen molar-refractivity contribution >= 4 is 54.5 Å². The van der Waals surface area contributed by atoms with E-state index < -0.39 is 0 Å². The van der Waals surface area contributed by atoms with Gasteiger partial charge in [0.2, 0.25) is 5.95 Å². The summed E-state index contributed by atoms with van der Waals surface area (Å²) in [5.41, 5.74) is 9.88. The fraction of sp³-hybridized carbons (Fsp3) is 0.0256. The van der Waals surface area contributed by atoms with Crippen LogP contribution in [0.3, 0.4) is 0 Å². The lowest BCUT2D eigenvalue weighted by molar-refractivity contribution is 1.01. The molecule has 0 fully saturated rings. The average Bonchev–Trinajstić information content (AvgIpc) is 3.58. The molecular formula is C39H26N4. The second-order valence-corrected chi connectivity index (χ2v) is 11.1. The fourth-order valence-electron chi connectivity index (χ4n) is 6.68. The summed E-state index contributed by atoms with van der Waals surface area (Å²) in [4.78, 5) is 10.4. The van der Waals surface area contributed by atoms with E-state index in [1.54, 1.807) is 0 Å². The summed E-state index contributed by atoms with van der Waals surface area (Å²) in [6.45, 7) is 2.11. The van der Waals surface area contributed by atoms with Gasteiger partial charge in [-0.25, -0.2) is 9.97 Å². The van der Waals surface area contributed by atoms with Crippen LogP contribution < -0.4 is 0 Å². The SMILES string of the molecule is Cc1ccc(-c2nc(-n3c4ccccc4c4c5c6ccccc6n(-c6ccccc6)c5ccc43)nc3ccccc23)cc1. The molecule has 4 nitrogen and oxygen atoms in total. The maximum Gasteiger partial charge on any atom is 0.235 e. The minimum absolute atomic E-state index is 0.673. The van der Waals surface area contributed by atoms with Crippen molar-refractivity contribution in [2.24, 2.45) is 0 Å². The Balaban J connectivity index is 1.43. The molecule has 0 amide bonds. The van der Waals surface area contributed by atoms with Crippen molar-refractivity contribution in [3.63, 3.8) is 0 Å². The highest BCUT2D eigenvalue weighted by atomic mass is 15.2. The summed E-state index contributed by atoms with van der Waals surface area (Å²) >= 11 is 0. The van der Waals surface area contributed by atoms with Gasteiger partial charge >= 0.3 is 0 Å². The van der Waals surface area contributed by atoms with Gasteiger partial charge in [0.25, 0.3) is 0 Å². The third-order valence-electron chi connectivity index (χ3n) is 8.60. The molecule has 202 valence electrons. The topological polar surface area (TPSA) is 35.6 Å². The Morgan fingerprint density at radius 3 is 1.70 bits per heavy atom. The summed E-state index contributed by atoms with van der Waals surface area (Å²) in [6.07, 6.45) is 0. The van der Waals surface area contributed by atoms with Crippen molar-refractivity contribution in [2.75, 3.05) is 0 Å². The van der Waals surface area contributed by atoms with Crippen LogP contribution in [0.2, 0.25) is 0 Å². The molecule has 0 unspecified atom stereocenters. The van der Waals surface area contributed by atoms with Gasteiger partial charge in [-0.3, -0.25) is 4.57 Å². The van der Waals surface area contributed by atoms with E-state index in [9.17, 15) is 0 Å².